The molecule has 0 aliphatic rings. The number of hydrogen-bond donors (Lipinski definition) is 1. The first kappa shape index (κ1) is 13.6. The maximum atomic E-state index is 13.7. The van der Waals surface area contributed by atoms with Gasteiger partial charge < -0.3 is 5.32 Å². The molecule has 0 saturated carbocycles. The highest BCUT2D eigenvalue weighted by Crippen LogP contribution is 2.22. The molecule has 0 bridgehead atoms. The lowest BCUT2D eigenvalue weighted by Gasteiger charge is -2.08. The third-order valence-corrected chi connectivity index (χ3v) is 3.39. The molecule has 2 aromatic rings. The van der Waals surface area contributed by atoms with Gasteiger partial charge in [0, 0.05) is 4.47 Å². The summed E-state index contributed by atoms with van der Waals surface area (Å²) in [6.07, 6.45) is 0. The normalized spacial score (nSPS) is 10.5. The number of rotatable bonds is 3. The largest absolute Gasteiger partial charge is 0.344 e. The van der Waals surface area contributed by atoms with Crippen molar-refractivity contribution in [1.82, 2.24) is 25.5 Å². The molecule has 0 aliphatic carbocycles. The van der Waals surface area contributed by atoms with E-state index in [2.05, 4.69) is 36.7 Å². The Labute approximate surface area is 117 Å². The number of aromatic nitrogens is 4. The SMILES string of the molecule is Cc1c(Br)ccc(F)c1C(=O)NCc1nnn(C)n1. The Balaban J connectivity index is 2.14. The quantitative estimate of drug-likeness (QED) is 0.923. The van der Waals surface area contributed by atoms with Crippen LogP contribution in [0.5, 0.6) is 0 Å². The van der Waals surface area contributed by atoms with Gasteiger partial charge in [-0.25, -0.2) is 4.39 Å². The molecule has 0 radical (unpaired) electrons. The summed E-state index contributed by atoms with van der Waals surface area (Å²) in [4.78, 5) is 13.2. The van der Waals surface area contributed by atoms with Gasteiger partial charge in [-0.3, -0.25) is 4.79 Å². The van der Waals surface area contributed by atoms with Crippen LogP contribution in [0.25, 0.3) is 0 Å². The molecular formula is C11H11BrFN5O. The topological polar surface area (TPSA) is 72.7 Å². The second-order valence-corrected chi connectivity index (χ2v) is 4.76. The number of tetrazole rings is 1. The van der Waals surface area contributed by atoms with Crippen LogP contribution in [0.15, 0.2) is 16.6 Å². The fraction of sp³-hybridized carbons (Fsp3) is 0.273. The van der Waals surface area contributed by atoms with Crippen molar-refractivity contribution in [1.29, 1.82) is 0 Å². The van der Waals surface area contributed by atoms with Crippen molar-refractivity contribution >= 4 is 21.8 Å². The third kappa shape index (κ3) is 2.95. The second-order valence-electron chi connectivity index (χ2n) is 3.91. The first-order chi connectivity index (χ1) is 8.99. The molecule has 0 aliphatic heterocycles. The Morgan fingerprint density at radius 3 is 2.89 bits per heavy atom. The van der Waals surface area contributed by atoms with Crippen molar-refractivity contribution < 1.29 is 9.18 Å². The van der Waals surface area contributed by atoms with Crippen LogP contribution in [0.2, 0.25) is 0 Å². The van der Waals surface area contributed by atoms with Crippen LogP contribution in [0.4, 0.5) is 4.39 Å². The number of nitrogens with one attached hydrogen (secondary N) is 1. The molecule has 0 saturated heterocycles. The number of nitrogens with zero attached hydrogens (tertiary/aromatic N) is 4. The maximum absolute atomic E-state index is 13.7. The van der Waals surface area contributed by atoms with Crippen LogP contribution >= 0.6 is 15.9 Å². The molecule has 1 aromatic heterocycles. The van der Waals surface area contributed by atoms with Gasteiger partial charge in [-0.2, -0.15) is 4.80 Å². The summed E-state index contributed by atoms with van der Waals surface area (Å²) in [6, 6.07) is 2.80. The van der Waals surface area contributed by atoms with Gasteiger partial charge in [0.2, 0.25) is 0 Å². The van der Waals surface area contributed by atoms with Gasteiger partial charge in [0.1, 0.15) is 5.82 Å². The monoisotopic (exact) mass is 327 g/mol. The molecule has 1 N–H and O–H groups in total. The Kier molecular flexibility index (Phi) is 3.89. The molecule has 100 valence electrons. The fourth-order valence-electron chi connectivity index (χ4n) is 1.57. The van der Waals surface area contributed by atoms with Gasteiger partial charge in [0.25, 0.3) is 5.91 Å². The highest BCUT2D eigenvalue weighted by molar-refractivity contribution is 9.10. The predicted octanol–water partition coefficient (Wildman–Crippen LogP) is 1.35. The van der Waals surface area contributed by atoms with Crippen LogP contribution in [0.3, 0.4) is 0 Å². The minimum Gasteiger partial charge on any atom is -0.344 e. The van der Waals surface area contributed by atoms with Gasteiger partial charge in [-0.15, -0.1) is 10.2 Å². The summed E-state index contributed by atoms with van der Waals surface area (Å²) in [5.74, 6) is -0.710. The van der Waals surface area contributed by atoms with Crippen LogP contribution in [0.1, 0.15) is 21.7 Å². The summed E-state index contributed by atoms with van der Waals surface area (Å²) in [5, 5.41) is 13.8. The minimum absolute atomic E-state index is 0.0123. The molecule has 8 heteroatoms. The van der Waals surface area contributed by atoms with Gasteiger partial charge in [-0.05, 0) is 29.8 Å². The number of amides is 1. The van der Waals surface area contributed by atoms with E-state index in [-0.39, 0.29) is 12.1 Å². The summed E-state index contributed by atoms with van der Waals surface area (Å²) in [5.41, 5.74) is 0.558. The molecule has 1 heterocycles. The van der Waals surface area contributed by atoms with E-state index in [1.54, 1.807) is 20.0 Å². The molecule has 0 fully saturated rings. The number of carbonyl (C=O) groups excluding carboxylic acids is 1. The third-order valence-electron chi connectivity index (χ3n) is 2.53. The van der Waals surface area contributed by atoms with Crippen molar-refractivity contribution in [3.63, 3.8) is 0 Å². The second kappa shape index (κ2) is 5.43. The highest BCUT2D eigenvalue weighted by Gasteiger charge is 2.17. The Morgan fingerprint density at radius 1 is 1.53 bits per heavy atom. The molecule has 0 unspecified atom stereocenters. The molecule has 0 spiro atoms. The van der Waals surface area contributed by atoms with E-state index in [1.807, 2.05) is 0 Å². The minimum atomic E-state index is -0.565. The van der Waals surface area contributed by atoms with Gasteiger partial charge in [0.15, 0.2) is 5.82 Å². The van der Waals surface area contributed by atoms with E-state index in [4.69, 9.17) is 0 Å². The smallest absolute Gasteiger partial charge is 0.254 e. The zero-order chi connectivity index (χ0) is 14.0. The zero-order valence-electron chi connectivity index (χ0n) is 10.3. The molecule has 0 atom stereocenters. The van der Waals surface area contributed by atoms with E-state index in [9.17, 15) is 9.18 Å². The van der Waals surface area contributed by atoms with Gasteiger partial charge in [-0.1, -0.05) is 15.9 Å². The average Bonchev–Trinajstić information content (AvgIpc) is 2.78. The summed E-state index contributed by atoms with van der Waals surface area (Å²) in [7, 11) is 1.62. The maximum Gasteiger partial charge on any atom is 0.254 e. The molecule has 6 nitrogen and oxygen atoms in total. The predicted molar refractivity (Wildman–Crippen MR) is 68.8 cm³/mol. The van der Waals surface area contributed by atoms with Crippen molar-refractivity contribution in [2.45, 2.75) is 13.5 Å². The lowest BCUT2D eigenvalue weighted by molar-refractivity contribution is 0.0945. The number of benzene rings is 1. The Hall–Kier alpha value is -1.83. The van der Waals surface area contributed by atoms with Crippen molar-refractivity contribution in [2.24, 2.45) is 7.05 Å². The zero-order valence-corrected chi connectivity index (χ0v) is 11.9. The summed E-state index contributed by atoms with van der Waals surface area (Å²) in [6.45, 7) is 1.76. The number of halogens is 2. The number of hydrogen-bond acceptors (Lipinski definition) is 4. The lowest BCUT2D eigenvalue weighted by atomic mass is 10.1. The van der Waals surface area contributed by atoms with Crippen LogP contribution in [-0.4, -0.2) is 26.1 Å². The summed E-state index contributed by atoms with van der Waals surface area (Å²) < 4.78 is 14.4. The molecular weight excluding hydrogens is 317 g/mol. The molecule has 2 rings (SSSR count). The highest BCUT2D eigenvalue weighted by atomic mass is 79.9. The molecule has 19 heavy (non-hydrogen) atoms. The summed E-state index contributed by atoms with van der Waals surface area (Å²) >= 11 is 3.26. The molecule has 1 aromatic carbocycles. The fourth-order valence-corrected chi connectivity index (χ4v) is 1.90. The Bertz CT molecular complexity index is 628. The first-order valence-electron chi connectivity index (χ1n) is 5.44. The van der Waals surface area contributed by atoms with Crippen molar-refractivity contribution in [2.75, 3.05) is 0 Å². The van der Waals surface area contributed by atoms with Crippen molar-refractivity contribution in [3.05, 3.63) is 39.4 Å². The van der Waals surface area contributed by atoms with E-state index in [0.29, 0.717) is 15.9 Å². The average molecular weight is 328 g/mol. The number of aryl methyl sites for hydroxylation is 1. The van der Waals surface area contributed by atoms with E-state index >= 15 is 0 Å². The molecule has 1 amide bonds. The first-order valence-corrected chi connectivity index (χ1v) is 6.24. The van der Waals surface area contributed by atoms with Crippen molar-refractivity contribution in [3.8, 4) is 0 Å². The van der Waals surface area contributed by atoms with E-state index in [0.717, 1.165) is 0 Å². The van der Waals surface area contributed by atoms with Crippen LogP contribution < -0.4 is 5.32 Å². The van der Waals surface area contributed by atoms with Gasteiger partial charge in [0.05, 0.1) is 19.2 Å². The Morgan fingerprint density at radius 2 is 2.26 bits per heavy atom. The number of carbonyl (C=O) groups is 1. The standard InChI is InChI=1S/C11H11BrFN5O/c1-6-7(12)3-4-8(13)10(6)11(19)14-5-9-15-17-18(2)16-9/h3-4H,5H2,1-2H3,(H,14,19). The van der Waals surface area contributed by atoms with Crippen LogP contribution in [0, 0.1) is 12.7 Å². The van der Waals surface area contributed by atoms with E-state index < -0.39 is 11.7 Å². The van der Waals surface area contributed by atoms with Gasteiger partial charge >= 0.3 is 0 Å². The van der Waals surface area contributed by atoms with E-state index in [1.165, 1.54) is 10.9 Å². The lowest BCUT2D eigenvalue weighted by Crippen LogP contribution is -2.25. The van der Waals surface area contributed by atoms with Crippen LogP contribution in [-0.2, 0) is 13.6 Å².